The maximum absolute atomic E-state index is 12.1. The van der Waals surface area contributed by atoms with Crippen LogP contribution in [0.15, 0.2) is 24.3 Å². The number of amides is 2. The first-order valence-electron chi connectivity index (χ1n) is 6.52. The van der Waals surface area contributed by atoms with E-state index in [2.05, 4.69) is 10.6 Å². The molecule has 1 atom stereocenters. The quantitative estimate of drug-likeness (QED) is 0.789. The first-order valence-corrected chi connectivity index (χ1v) is 6.52. The molecule has 0 aliphatic carbocycles. The number of benzene rings is 1. The van der Waals surface area contributed by atoms with Gasteiger partial charge in [-0.2, -0.15) is 0 Å². The summed E-state index contributed by atoms with van der Waals surface area (Å²) in [6.07, 6.45) is 0. The molecule has 0 aliphatic rings. The third-order valence-corrected chi connectivity index (χ3v) is 2.86. The molecule has 0 unspecified atom stereocenters. The summed E-state index contributed by atoms with van der Waals surface area (Å²) in [5.74, 6) is -1.75. The molecule has 0 saturated heterocycles. The monoisotopic (exact) mass is 292 g/mol. The number of rotatable bonds is 4. The highest BCUT2D eigenvalue weighted by molar-refractivity contribution is 5.97. The van der Waals surface area contributed by atoms with E-state index < -0.39 is 23.3 Å². The zero-order valence-electron chi connectivity index (χ0n) is 12.6. The standard InChI is InChI=1S/C15H20N2O4/c1-9(18)16-11-7-5-10(6-8-11)13(19)17-12(14(20)21)15(2,3)4/h5-8,12H,1-4H3,(H,16,18)(H,17,19)(H,20,21)/t12-/m0/s1. The Balaban J connectivity index is 2.84. The lowest BCUT2D eigenvalue weighted by Gasteiger charge is -2.27. The van der Waals surface area contributed by atoms with Gasteiger partial charge < -0.3 is 15.7 Å². The van der Waals surface area contributed by atoms with E-state index in [1.807, 2.05) is 0 Å². The predicted molar refractivity (Wildman–Crippen MR) is 79.1 cm³/mol. The molecule has 1 aromatic rings. The normalized spacial score (nSPS) is 12.4. The van der Waals surface area contributed by atoms with Crippen LogP contribution in [-0.4, -0.2) is 28.9 Å². The van der Waals surface area contributed by atoms with Crippen LogP contribution in [0.25, 0.3) is 0 Å². The molecule has 21 heavy (non-hydrogen) atoms. The van der Waals surface area contributed by atoms with Crippen molar-refractivity contribution < 1.29 is 19.5 Å². The minimum absolute atomic E-state index is 0.203. The fourth-order valence-corrected chi connectivity index (χ4v) is 1.77. The van der Waals surface area contributed by atoms with Crippen LogP contribution in [-0.2, 0) is 9.59 Å². The van der Waals surface area contributed by atoms with Crippen molar-refractivity contribution in [3.63, 3.8) is 0 Å². The summed E-state index contributed by atoms with van der Waals surface area (Å²) >= 11 is 0. The Bertz CT molecular complexity index is 544. The Morgan fingerprint density at radius 1 is 1.10 bits per heavy atom. The van der Waals surface area contributed by atoms with E-state index in [1.54, 1.807) is 32.9 Å². The van der Waals surface area contributed by atoms with Gasteiger partial charge in [-0.1, -0.05) is 20.8 Å². The summed E-state index contributed by atoms with van der Waals surface area (Å²) in [4.78, 5) is 34.2. The van der Waals surface area contributed by atoms with Crippen molar-refractivity contribution in [1.29, 1.82) is 0 Å². The minimum Gasteiger partial charge on any atom is -0.480 e. The van der Waals surface area contributed by atoms with Crippen molar-refractivity contribution >= 4 is 23.5 Å². The van der Waals surface area contributed by atoms with Crippen molar-refractivity contribution in [2.75, 3.05) is 5.32 Å². The highest BCUT2D eigenvalue weighted by Crippen LogP contribution is 2.20. The third-order valence-electron chi connectivity index (χ3n) is 2.86. The smallest absolute Gasteiger partial charge is 0.326 e. The number of hydrogen-bond donors (Lipinski definition) is 3. The molecule has 6 nitrogen and oxygen atoms in total. The van der Waals surface area contributed by atoms with Crippen molar-refractivity contribution in [2.24, 2.45) is 5.41 Å². The molecule has 0 saturated carbocycles. The van der Waals surface area contributed by atoms with Crippen LogP contribution >= 0.6 is 0 Å². The summed E-state index contributed by atoms with van der Waals surface area (Å²) in [5.41, 5.74) is 0.307. The molecule has 0 radical (unpaired) electrons. The highest BCUT2D eigenvalue weighted by Gasteiger charge is 2.32. The first-order chi connectivity index (χ1) is 9.61. The number of aliphatic carboxylic acids is 1. The Morgan fingerprint density at radius 3 is 2.00 bits per heavy atom. The van der Waals surface area contributed by atoms with Crippen LogP contribution in [0, 0.1) is 5.41 Å². The van der Waals surface area contributed by atoms with Crippen LogP contribution in [0.2, 0.25) is 0 Å². The summed E-state index contributed by atoms with van der Waals surface area (Å²) in [7, 11) is 0. The molecular weight excluding hydrogens is 272 g/mol. The van der Waals surface area contributed by atoms with Crippen molar-refractivity contribution in [3.8, 4) is 0 Å². The fraction of sp³-hybridized carbons (Fsp3) is 0.400. The molecule has 0 fully saturated rings. The van der Waals surface area contributed by atoms with Crippen LogP contribution in [0.3, 0.4) is 0 Å². The van der Waals surface area contributed by atoms with Gasteiger partial charge in [-0.15, -0.1) is 0 Å². The molecule has 1 aromatic carbocycles. The minimum atomic E-state index is -1.08. The van der Waals surface area contributed by atoms with Crippen LogP contribution in [0.5, 0.6) is 0 Å². The van der Waals surface area contributed by atoms with E-state index in [4.69, 9.17) is 0 Å². The van der Waals surface area contributed by atoms with Gasteiger partial charge in [0, 0.05) is 18.2 Å². The van der Waals surface area contributed by atoms with Crippen molar-refractivity contribution in [2.45, 2.75) is 33.7 Å². The van der Waals surface area contributed by atoms with Gasteiger partial charge in [-0.3, -0.25) is 9.59 Å². The molecule has 0 bridgehead atoms. The maximum atomic E-state index is 12.1. The van der Waals surface area contributed by atoms with Gasteiger partial charge in [0.05, 0.1) is 0 Å². The molecule has 0 spiro atoms. The average molecular weight is 292 g/mol. The molecule has 1 rings (SSSR count). The molecule has 114 valence electrons. The van der Waals surface area contributed by atoms with E-state index in [-0.39, 0.29) is 5.91 Å². The number of carbonyl (C=O) groups is 3. The third kappa shape index (κ3) is 4.91. The molecule has 3 N–H and O–H groups in total. The zero-order chi connectivity index (χ0) is 16.2. The topological polar surface area (TPSA) is 95.5 Å². The van der Waals surface area contributed by atoms with Crippen molar-refractivity contribution in [3.05, 3.63) is 29.8 Å². The number of hydrogen-bond acceptors (Lipinski definition) is 3. The van der Waals surface area contributed by atoms with E-state index in [1.165, 1.54) is 19.1 Å². The van der Waals surface area contributed by atoms with E-state index in [0.717, 1.165) is 0 Å². The summed E-state index contributed by atoms with van der Waals surface area (Å²) < 4.78 is 0. The van der Waals surface area contributed by atoms with Gasteiger partial charge in [0.15, 0.2) is 0 Å². The Kier molecular flexibility index (Phi) is 5.07. The first kappa shape index (κ1) is 16.7. The largest absolute Gasteiger partial charge is 0.480 e. The summed E-state index contributed by atoms with van der Waals surface area (Å²) in [6, 6.07) is 5.25. The Hall–Kier alpha value is -2.37. The Morgan fingerprint density at radius 2 is 1.62 bits per heavy atom. The number of anilines is 1. The Labute approximate surface area is 123 Å². The lowest BCUT2D eigenvalue weighted by molar-refractivity contribution is -0.142. The van der Waals surface area contributed by atoms with Gasteiger partial charge >= 0.3 is 5.97 Å². The molecule has 6 heteroatoms. The number of nitrogens with one attached hydrogen (secondary N) is 2. The lowest BCUT2D eigenvalue weighted by Crippen LogP contribution is -2.49. The fourth-order valence-electron chi connectivity index (χ4n) is 1.77. The molecular formula is C15H20N2O4. The van der Waals surface area contributed by atoms with Gasteiger partial charge in [0.1, 0.15) is 6.04 Å². The number of carboxylic acid groups (broad SMARTS) is 1. The van der Waals surface area contributed by atoms with Gasteiger partial charge in [-0.05, 0) is 29.7 Å². The second-order valence-corrected chi connectivity index (χ2v) is 5.87. The van der Waals surface area contributed by atoms with E-state index >= 15 is 0 Å². The molecule has 0 heterocycles. The van der Waals surface area contributed by atoms with Gasteiger partial charge in [0.25, 0.3) is 5.91 Å². The van der Waals surface area contributed by atoms with E-state index in [9.17, 15) is 19.5 Å². The SMILES string of the molecule is CC(=O)Nc1ccc(C(=O)N[C@@H](C(=O)O)C(C)(C)C)cc1. The van der Waals surface area contributed by atoms with Gasteiger partial charge in [-0.25, -0.2) is 4.79 Å². The molecule has 2 amide bonds. The summed E-state index contributed by atoms with van der Waals surface area (Å²) in [6.45, 7) is 6.62. The average Bonchev–Trinajstić information content (AvgIpc) is 2.34. The second-order valence-electron chi connectivity index (χ2n) is 5.87. The maximum Gasteiger partial charge on any atom is 0.326 e. The molecule has 0 aromatic heterocycles. The van der Waals surface area contributed by atoms with Gasteiger partial charge in [0.2, 0.25) is 5.91 Å². The lowest BCUT2D eigenvalue weighted by atomic mass is 9.86. The summed E-state index contributed by atoms with van der Waals surface area (Å²) in [5, 5.41) is 14.3. The van der Waals surface area contributed by atoms with Crippen LogP contribution < -0.4 is 10.6 Å². The van der Waals surface area contributed by atoms with Crippen molar-refractivity contribution in [1.82, 2.24) is 5.32 Å². The van der Waals surface area contributed by atoms with E-state index in [0.29, 0.717) is 11.3 Å². The molecule has 0 aliphatic heterocycles. The predicted octanol–water partition coefficient (Wildman–Crippen LogP) is 1.87. The second kappa shape index (κ2) is 6.39. The number of carbonyl (C=O) groups excluding carboxylic acids is 2. The van der Waals surface area contributed by atoms with Crippen LogP contribution in [0.1, 0.15) is 38.1 Å². The van der Waals surface area contributed by atoms with Crippen LogP contribution in [0.4, 0.5) is 5.69 Å². The zero-order valence-corrected chi connectivity index (χ0v) is 12.6. The highest BCUT2D eigenvalue weighted by atomic mass is 16.4. The number of carboxylic acids is 1.